The van der Waals surface area contributed by atoms with Gasteiger partial charge in [-0.15, -0.1) is 0 Å². The van der Waals surface area contributed by atoms with Crippen molar-refractivity contribution in [1.29, 1.82) is 0 Å². The Morgan fingerprint density at radius 3 is 2.58 bits per heavy atom. The Hall–Kier alpha value is -1.15. The second-order valence-electron chi connectivity index (χ2n) is 6.73. The minimum Gasteiger partial charge on any atom is -0.355 e. The van der Waals surface area contributed by atoms with Crippen molar-refractivity contribution in [2.24, 2.45) is 0 Å². The summed E-state index contributed by atoms with van der Waals surface area (Å²) in [6.07, 6.45) is 5.78. The number of carbonyl (C=O) groups is 1. The molecular weight excluding hydrogens is 374 g/mol. The van der Waals surface area contributed by atoms with Crippen molar-refractivity contribution in [3.05, 3.63) is 34.9 Å². The number of rotatable bonds is 9. The highest BCUT2D eigenvalue weighted by atomic mass is 35.5. The number of nitrogens with one attached hydrogen (secondary N) is 1. The summed E-state index contributed by atoms with van der Waals surface area (Å²) >= 11 is 6.10. The molecule has 0 bridgehead atoms. The number of nitrogens with zero attached hydrogens (tertiary/aromatic N) is 2. The summed E-state index contributed by atoms with van der Waals surface area (Å²) in [5.74, 6) is -0.291. The van der Waals surface area contributed by atoms with Crippen molar-refractivity contribution >= 4 is 27.5 Å². The van der Waals surface area contributed by atoms with Crippen molar-refractivity contribution < 1.29 is 13.2 Å². The number of piperidine rings is 1. The van der Waals surface area contributed by atoms with Crippen LogP contribution in [-0.2, 0) is 21.4 Å². The number of carbonyl (C=O) groups excluding carboxylic acids is 1. The maximum absolute atomic E-state index is 12.2. The number of hydrogen-bond donors (Lipinski definition) is 1. The van der Waals surface area contributed by atoms with Gasteiger partial charge >= 0.3 is 0 Å². The first-order chi connectivity index (χ1) is 12.4. The summed E-state index contributed by atoms with van der Waals surface area (Å²) in [5.41, 5.74) is 0.678. The number of halogens is 1. The van der Waals surface area contributed by atoms with Gasteiger partial charge in [-0.2, -0.15) is 4.31 Å². The van der Waals surface area contributed by atoms with E-state index >= 15 is 0 Å². The lowest BCUT2D eigenvalue weighted by molar-refractivity contribution is -0.121. The molecule has 1 aromatic rings. The molecule has 8 heteroatoms. The molecule has 1 heterocycles. The van der Waals surface area contributed by atoms with Crippen LogP contribution >= 0.6 is 11.6 Å². The predicted molar refractivity (Wildman–Crippen MR) is 105 cm³/mol. The van der Waals surface area contributed by atoms with Crippen molar-refractivity contribution in [1.82, 2.24) is 14.5 Å². The van der Waals surface area contributed by atoms with Crippen LogP contribution in [0.2, 0.25) is 5.02 Å². The third-order valence-electron chi connectivity index (χ3n) is 4.52. The first kappa shape index (κ1) is 21.2. The summed E-state index contributed by atoms with van der Waals surface area (Å²) in [4.78, 5) is 14.6. The van der Waals surface area contributed by atoms with Gasteiger partial charge in [0.15, 0.2) is 0 Å². The Balaban J connectivity index is 1.80. The Bertz CT molecular complexity index is 691. The molecule has 1 N–H and O–H groups in total. The van der Waals surface area contributed by atoms with Crippen LogP contribution in [-0.4, -0.2) is 62.5 Å². The molecular formula is C18H28ClN3O3S. The van der Waals surface area contributed by atoms with E-state index in [0.29, 0.717) is 17.1 Å². The average molecular weight is 402 g/mol. The summed E-state index contributed by atoms with van der Waals surface area (Å²) in [5, 5.41) is 3.31. The minimum atomic E-state index is -3.52. The Morgan fingerprint density at radius 2 is 1.92 bits per heavy atom. The van der Waals surface area contributed by atoms with Crippen LogP contribution in [0.15, 0.2) is 24.3 Å². The SMILES string of the molecule is CS(=O)(=O)N(CC(=O)NCCCN1CCCCC1)Cc1ccccc1Cl. The largest absolute Gasteiger partial charge is 0.355 e. The molecule has 1 aliphatic heterocycles. The number of benzene rings is 1. The number of sulfonamides is 1. The van der Waals surface area contributed by atoms with E-state index in [9.17, 15) is 13.2 Å². The fourth-order valence-electron chi connectivity index (χ4n) is 3.04. The molecule has 1 amide bonds. The second-order valence-corrected chi connectivity index (χ2v) is 9.12. The van der Waals surface area contributed by atoms with Crippen molar-refractivity contribution in [2.45, 2.75) is 32.2 Å². The smallest absolute Gasteiger partial charge is 0.235 e. The predicted octanol–water partition coefficient (Wildman–Crippen LogP) is 2.09. The molecule has 26 heavy (non-hydrogen) atoms. The first-order valence-electron chi connectivity index (χ1n) is 9.04. The van der Waals surface area contributed by atoms with Crippen LogP contribution in [0.1, 0.15) is 31.2 Å². The summed E-state index contributed by atoms with van der Waals surface area (Å²) in [6.45, 7) is 3.67. The van der Waals surface area contributed by atoms with E-state index in [0.717, 1.165) is 36.6 Å². The highest BCUT2D eigenvalue weighted by Crippen LogP contribution is 2.18. The van der Waals surface area contributed by atoms with E-state index < -0.39 is 10.0 Å². The number of likely N-dealkylation sites (tertiary alicyclic amines) is 1. The standard InChI is InChI=1S/C18H28ClN3O3S/c1-26(24,25)22(14-16-8-3-4-9-17(16)19)15-18(23)20-10-7-13-21-11-5-2-6-12-21/h3-4,8-9H,2,5-7,10-15H2,1H3,(H,20,23). The average Bonchev–Trinajstić information content (AvgIpc) is 2.60. The third-order valence-corrected chi connectivity index (χ3v) is 6.08. The molecule has 6 nitrogen and oxygen atoms in total. The van der Waals surface area contributed by atoms with Crippen molar-refractivity contribution in [2.75, 3.05) is 39.0 Å². The normalized spacial score (nSPS) is 16.0. The molecule has 0 unspecified atom stereocenters. The topological polar surface area (TPSA) is 69.7 Å². The lowest BCUT2D eigenvalue weighted by Gasteiger charge is -2.26. The van der Waals surface area contributed by atoms with Crippen molar-refractivity contribution in [3.8, 4) is 0 Å². The molecule has 0 aromatic heterocycles. The fraction of sp³-hybridized carbons (Fsp3) is 0.611. The van der Waals surface area contributed by atoms with E-state index in [2.05, 4.69) is 10.2 Å². The third kappa shape index (κ3) is 7.23. The molecule has 146 valence electrons. The zero-order chi connectivity index (χ0) is 19.0. The molecule has 0 radical (unpaired) electrons. The van der Waals surface area contributed by atoms with Crippen LogP contribution in [0.5, 0.6) is 0 Å². The Labute approximate surface area is 161 Å². The molecule has 2 rings (SSSR count). The van der Waals surface area contributed by atoms with E-state index in [1.165, 1.54) is 19.3 Å². The van der Waals surface area contributed by atoms with Crippen LogP contribution in [0.25, 0.3) is 0 Å². The van der Waals surface area contributed by atoms with Crippen LogP contribution < -0.4 is 5.32 Å². The summed E-state index contributed by atoms with van der Waals surface area (Å²) in [7, 11) is -3.52. The van der Waals surface area contributed by atoms with Gasteiger partial charge in [-0.1, -0.05) is 36.2 Å². The van der Waals surface area contributed by atoms with E-state index in [1.807, 2.05) is 0 Å². The lowest BCUT2D eigenvalue weighted by Crippen LogP contribution is -2.40. The van der Waals surface area contributed by atoms with Gasteiger partial charge in [0.2, 0.25) is 15.9 Å². The van der Waals surface area contributed by atoms with E-state index in [4.69, 9.17) is 11.6 Å². The lowest BCUT2D eigenvalue weighted by atomic mass is 10.1. The molecule has 0 aliphatic carbocycles. The van der Waals surface area contributed by atoms with E-state index in [1.54, 1.807) is 24.3 Å². The molecule has 0 atom stereocenters. The van der Waals surface area contributed by atoms with Gasteiger partial charge in [0.05, 0.1) is 12.8 Å². The van der Waals surface area contributed by atoms with Gasteiger partial charge < -0.3 is 10.2 Å². The Kier molecular flexibility index (Phi) is 8.34. The van der Waals surface area contributed by atoms with Crippen LogP contribution in [0, 0.1) is 0 Å². The fourth-order valence-corrected chi connectivity index (χ4v) is 3.96. The molecule has 1 fully saturated rings. The first-order valence-corrected chi connectivity index (χ1v) is 11.3. The minimum absolute atomic E-state index is 0.0830. The molecule has 1 aromatic carbocycles. The van der Waals surface area contributed by atoms with Crippen LogP contribution in [0.4, 0.5) is 0 Å². The zero-order valence-electron chi connectivity index (χ0n) is 15.3. The quantitative estimate of drug-likeness (QED) is 0.643. The monoisotopic (exact) mass is 401 g/mol. The number of amides is 1. The van der Waals surface area contributed by atoms with Gasteiger partial charge in [0, 0.05) is 18.1 Å². The second kappa shape index (κ2) is 10.3. The molecule has 0 saturated carbocycles. The molecule has 1 saturated heterocycles. The van der Waals surface area contributed by atoms with Gasteiger partial charge in [-0.25, -0.2) is 8.42 Å². The maximum atomic E-state index is 12.2. The van der Waals surface area contributed by atoms with Gasteiger partial charge in [0.25, 0.3) is 0 Å². The van der Waals surface area contributed by atoms with Gasteiger partial charge in [-0.3, -0.25) is 4.79 Å². The Morgan fingerprint density at radius 1 is 1.23 bits per heavy atom. The maximum Gasteiger partial charge on any atom is 0.235 e. The van der Waals surface area contributed by atoms with Gasteiger partial charge in [-0.05, 0) is 50.5 Å². The number of hydrogen-bond acceptors (Lipinski definition) is 4. The highest BCUT2D eigenvalue weighted by Gasteiger charge is 2.21. The van der Waals surface area contributed by atoms with E-state index in [-0.39, 0.29) is 19.0 Å². The summed E-state index contributed by atoms with van der Waals surface area (Å²) < 4.78 is 25.2. The van der Waals surface area contributed by atoms with Crippen molar-refractivity contribution in [3.63, 3.8) is 0 Å². The zero-order valence-corrected chi connectivity index (χ0v) is 16.9. The molecule has 1 aliphatic rings. The highest BCUT2D eigenvalue weighted by molar-refractivity contribution is 7.88. The van der Waals surface area contributed by atoms with Gasteiger partial charge in [0.1, 0.15) is 0 Å². The summed E-state index contributed by atoms with van der Waals surface area (Å²) in [6, 6.07) is 7.04. The van der Waals surface area contributed by atoms with Crippen LogP contribution in [0.3, 0.4) is 0 Å². The molecule has 0 spiro atoms.